The lowest BCUT2D eigenvalue weighted by Gasteiger charge is -2.31. The average Bonchev–Trinajstić information content (AvgIpc) is 2.71. The van der Waals surface area contributed by atoms with E-state index >= 15 is 0 Å². The highest BCUT2D eigenvalue weighted by molar-refractivity contribution is 6.30. The van der Waals surface area contributed by atoms with Crippen molar-refractivity contribution in [1.29, 1.82) is 0 Å². The number of anilines is 1. The Morgan fingerprint density at radius 2 is 1.78 bits per heavy atom. The zero-order valence-electron chi connectivity index (χ0n) is 15.5. The molecule has 3 aromatic rings. The molecule has 1 aliphatic rings. The maximum atomic E-state index is 6.19. The minimum absolute atomic E-state index is 0.760. The van der Waals surface area contributed by atoms with E-state index in [9.17, 15) is 0 Å². The molecule has 138 valence electrons. The summed E-state index contributed by atoms with van der Waals surface area (Å²) in [5.41, 5.74) is 4.43. The molecule has 1 aliphatic heterocycles. The molecule has 2 heterocycles. The van der Waals surface area contributed by atoms with Crippen molar-refractivity contribution in [1.82, 2.24) is 15.3 Å². The van der Waals surface area contributed by atoms with E-state index in [1.165, 1.54) is 11.1 Å². The maximum Gasteiger partial charge on any atom is 0.161 e. The monoisotopic (exact) mass is 378 g/mol. The standard InChI is InChI=1S/C22H23ClN4/c1-16-20(15-17-6-5-9-19(23)14-17)22(27-12-10-24-11-13-27)26-21(25-16)18-7-3-2-4-8-18/h2-9,14,24H,10-13,15H2,1H3. The van der Waals surface area contributed by atoms with Crippen LogP contribution in [0, 0.1) is 6.92 Å². The number of aromatic nitrogens is 2. The summed E-state index contributed by atoms with van der Waals surface area (Å²) < 4.78 is 0. The zero-order valence-corrected chi connectivity index (χ0v) is 16.2. The zero-order chi connectivity index (χ0) is 18.6. The second-order valence-corrected chi connectivity index (χ2v) is 7.28. The van der Waals surface area contributed by atoms with Crippen molar-refractivity contribution in [2.24, 2.45) is 0 Å². The lowest BCUT2D eigenvalue weighted by atomic mass is 10.0. The third kappa shape index (κ3) is 4.12. The minimum Gasteiger partial charge on any atom is -0.354 e. The first-order chi connectivity index (χ1) is 13.2. The third-order valence-corrected chi connectivity index (χ3v) is 5.15. The van der Waals surface area contributed by atoms with Crippen molar-refractivity contribution in [2.45, 2.75) is 13.3 Å². The van der Waals surface area contributed by atoms with E-state index in [0.29, 0.717) is 0 Å². The molecule has 4 nitrogen and oxygen atoms in total. The van der Waals surface area contributed by atoms with Crippen LogP contribution in [0.3, 0.4) is 0 Å². The topological polar surface area (TPSA) is 41.1 Å². The van der Waals surface area contributed by atoms with Gasteiger partial charge < -0.3 is 10.2 Å². The van der Waals surface area contributed by atoms with Crippen LogP contribution in [-0.4, -0.2) is 36.1 Å². The molecule has 1 aromatic heterocycles. The van der Waals surface area contributed by atoms with Gasteiger partial charge in [0.2, 0.25) is 0 Å². The van der Waals surface area contributed by atoms with Gasteiger partial charge in [0.05, 0.1) is 0 Å². The van der Waals surface area contributed by atoms with Crippen molar-refractivity contribution in [3.05, 3.63) is 76.4 Å². The summed E-state index contributed by atoms with van der Waals surface area (Å²) in [6, 6.07) is 18.2. The van der Waals surface area contributed by atoms with Gasteiger partial charge in [-0.1, -0.05) is 54.1 Å². The van der Waals surface area contributed by atoms with Crippen LogP contribution in [0.4, 0.5) is 5.82 Å². The summed E-state index contributed by atoms with van der Waals surface area (Å²) >= 11 is 6.19. The van der Waals surface area contributed by atoms with Gasteiger partial charge in [0, 0.05) is 54.4 Å². The normalized spacial score (nSPS) is 14.4. The number of piperazine rings is 1. The Balaban J connectivity index is 1.78. The SMILES string of the molecule is Cc1nc(-c2ccccc2)nc(N2CCNCC2)c1Cc1cccc(Cl)c1. The molecule has 2 aromatic carbocycles. The molecule has 1 saturated heterocycles. The summed E-state index contributed by atoms with van der Waals surface area (Å²) in [7, 11) is 0. The van der Waals surface area contributed by atoms with Crippen molar-refractivity contribution in [3.8, 4) is 11.4 Å². The van der Waals surface area contributed by atoms with E-state index in [1.54, 1.807) is 0 Å². The van der Waals surface area contributed by atoms with Crippen LogP contribution < -0.4 is 10.2 Å². The van der Waals surface area contributed by atoms with Gasteiger partial charge in [0.1, 0.15) is 5.82 Å². The molecule has 4 rings (SSSR count). The first-order valence-electron chi connectivity index (χ1n) is 9.34. The Hall–Kier alpha value is -2.43. The van der Waals surface area contributed by atoms with Crippen LogP contribution in [0.2, 0.25) is 5.02 Å². The lowest BCUT2D eigenvalue weighted by molar-refractivity contribution is 0.583. The molecule has 0 aliphatic carbocycles. The van der Waals surface area contributed by atoms with Gasteiger partial charge in [0.15, 0.2) is 5.82 Å². The minimum atomic E-state index is 0.760. The Morgan fingerprint density at radius 1 is 1.00 bits per heavy atom. The molecule has 1 N–H and O–H groups in total. The fourth-order valence-electron chi connectivity index (χ4n) is 3.49. The number of nitrogens with one attached hydrogen (secondary N) is 1. The molecule has 0 saturated carbocycles. The molecular formula is C22H23ClN4. The Bertz CT molecular complexity index is 921. The van der Waals surface area contributed by atoms with Gasteiger partial charge in [-0.3, -0.25) is 0 Å². The number of hydrogen-bond donors (Lipinski definition) is 1. The highest BCUT2D eigenvalue weighted by atomic mass is 35.5. The van der Waals surface area contributed by atoms with Gasteiger partial charge in [-0.05, 0) is 24.6 Å². The smallest absolute Gasteiger partial charge is 0.161 e. The third-order valence-electron chi connectivity index (χ3n) is 4.91. The summed E-state index contributed by atoms with van der Waals surface area (Å²) in [4.78, 5) is 12.2. The van der Waals surface area contributed by atoms with E-state index in [2.05, 4.69) is 35.3 Å². The van der Waals surface area contributed by atoms with Crippen LogP contribution in [0.5, 0.6) is 0 Å². The quantitative estimate of drug-likeness (QED) is 0.741. The molecule has 27 heavy (non-hydrogen) atoms. The largest absolute Gasteiger partial charge is 0.354 e. The maximum absolute atomic E-state index is 6.19. The van der Waals surface area contributed by atoms with Gasteiger partial charge in [-0.25, -0.2) is 9.97 Å². The molecular weight excluding hydrogens is 356 g/mol. The number of halogens is 1. The second kappa shape index (κ2) is 8.07. The number of nitrogens with zero attached hydrogens (tertiary/aromatic N) is 3. The van der Waals surface area contributed by atoms with Gasteiger partial charge in [-0.2, -0.15) is 0 Å². The Morgan fingerprint density at radius 3 is 2.52 bits per heavy atom. The van der Waals surface area contributed by atoms with E-state index in [1.807, 2.05) is 36.4 Å². The predicted octanol–water partition coefficient (Wildman–Crippen LogP) is 4.11. The molecule has 1 fully saturated rings. The lowest BCUT2D eigenvalue weighted by Crippen LogP contribution is -2.44. The first-order valence-corrected chi connectivity index (χ1v) is 9.71. The molecule has 0 radical (unpaired) electrons. The van der Waals surface area contributed by atoms with E-state index in [0.717, 1.165) is 60.5 Å². The van der Waals surface area contributed by atoms with Gasteiger partial charge >= 0.3 is 0 Å². The Labute approximate surface area is 165 Å². The van der Waals surface area contributed by atoms with E-state index in [4.69, 9.17) is 21.6 Å². The highest BCUT2D eigenvalue weighted by Crippen LogP contribution is 2.28. The number of benzene rings is 2. The Kier molecular flexibility index (Phi) is 5.37. The molecule has 0 bridgehead atoms. The predicted molar refractivity (Wildman–Crippen MR) is 112 cm³/mol. The van der Waals surface area contributed by atoms with E-state index < -0.39 is 0 Å². The molecule has 0 atom stereocenters. The van der Waals surface area contributed by atoms with E-state index in [-0.39, 0.29) is 0 Å². The number of hydrogen-bond acceptors (Lipinski definition) is 4. The van der Waals surface area contributed by atoms with Crippen LogP contribution >= 0.6 is 11.6 Å². The van der Waals surface area contributed by atoms with Crippen LogP contribution in [0.25, 0.3) is 11.4 Å². The summed E-state index contributed by atoms with van der Waals surface area (Å²) in [6.07, 6.45) is 0.778. The van der Waals surface area contributed by atoms with Crippen LogP contribution in [0.1, 0.15) is 16.8 Å². The van der Waals surface area contributed by atoms with Crippen LogP contribution in [-0.2, 0) is 6.42 Å². The molecule has 0 spiro atoms. The van der Waals surface area contributed by atoms with Crippen LogP contribution in [0.15, 0.2) is 54.6 Å². The van der Waals surface area contributed by atoms with Crippen molar-refractivity contribution < 1.29 is 0 Å². The first kappa shape index (κ1) is 18.0. The average molecular weight is 379 g/mol. The van der Waals surface area contributed by atoms with Crippen molar-refractivity contribution in [3.63, 3.8) is 0 Å². The highest BCUT2D eigenvalue weighted by Gasteiger charge is 2.20. The number of aryl methyl sites for hydroxylation is 1. The molecule has 5 heteroatoms. The summed E-state index contributed by atoms with van der Waals surface area (Å²) in [5, 5.41) is 4.18. The fourth-order valence-corrected chi connectivity index (χ4v) is 3.71. The van der Waals surface area contributed by atoms with Gasteiger partial charge in [0.25, 0.3) is 0 Å². The second-order valence-electron chi connectivity index (χ2n) is 6.84. The fraction of sp³-hybridized carbons (Fsp3) is 0.273. The molecule has 0 unspecified atom stereocenters. The number of rotatable bonds is 4. The molecule has 0 amide bonds. The van der Waals surface area contributed by atoms with Crippen molar-refractivity contribution in [2.75, 3.05) is 31.1 Å². The summed E-state index contributed by atoms with van der Waals surface area (Å²) in [6.45, 7) is 5.93. The summed E-state index contributed by atoms with van der Waals surface area (Å²) in [5.74, 6) is 1.83. The van der Waals surface area contributed by atoms with Gasteiger partial charge in [-0.15, -0.1) is 0 Å². The van der Waals surface area contributed by atoms with Crippen molar-refractivity contribution >= 4 is 17.4 Å².